The maximum Gasteiger partial charge on any atom is 0.264 e. The monoisotopic (exact) mass is 316 g/mol. The van der Waals surface area contributed by atoms with Crippen LogP contribution in [-0.4, -0.2) is 37.0 Å². The van der Waals surface area contributed by atoms with E-state index in [2.05, 4.69) is 21.2 Å². The van der Waals surface area contributed by atoms with E-state index in [1.54, 1.807) is 0 Å². The number of carbonyl (C=O) groups excluding carboxylic acids is 1. The van der Waals surface area contributed by atoms with Crippen molar-refractivity contribution in [1.82, 2.24) is 10.2 Å². The summed E-state index contributed by atoms with van der Waals surface area (Å²) in [4.78, 5) is 15.2. The summed E-state index contributed by atoms with van der Waals surface area (Å²) in [6, 6.07) is 2.33. The minimum absolute atomic E-state index is 0.182. The van der Waals surface area contributed by atoms with Gasteiger partial charge in [-0.1, -0.05) is 0 Å². The van der Waals surface area contributed by atoms with Gasteiger partial charge in [0.15, 0.2) is 0 Å². The molecule has 0 spiro atoms. The Morgan fingerprint density at radius 2 is 2.47 bits per heavy atom. The predicted octanol–water partition coefficient (Wildman–Crippen LogP) is 2.64. The van der Waals surface area contributed by atoms with Gasteiger partial charge in [0.05, 0.1) is 8.66 Å². The summed E-state index contributed by atoms with van der Waals surface area (Å²) < 4.78 is 1.06. The molecular formula is C12H17BrN2OS. The molecule has 3 nitrogen and oxygen atoms in total. The van der Waals surface area contributed by atoms with Crippen molar-refractivity contribution < 1.29 is 4.79 Å². The minimum Gasteiger partial charge on any atom is -0.334 e. The molecule has 1 N–H and O–H groups in total. The normalized spacial score (nSPS) is 19.9. The summed E-state index contributed by atoms with van der Waals surface area (Å²) >= 11 is 5.01. The summed E-state index contributed by atoms with van der Waals surface area (Å²) in [5.41, 5.74) is 1.14. The van der Waals surface area contributed by atoms with Crippen LogP contribution in [0.4, 0.5) is 0 Å². The summed E-state index contributed by atoms with van der Waals surface area (Å²) in [5, 5.41) is 3.16. The van der Waals surface area contributed by atoms with Gasteiger partial charge in [0.25, 0.3) is 5.91 Å². The molecule has 1 aromatic heterocycles. The fourth-order valence-electron chi connectivity index (χ4n) is 2.26. The van der Waals surface area contributed by atoms with Crippen LogP contribution in [0.1, 0.15) is 28.1 Å². The van der Waals surface area contributed by atoms with E-state index in [-0.39, 0.29) is 5.91 Å². The van der Waals surface area contributed by atoms with Crippen LogP contribution in [0.3, 0.4) is 0 Å². The molecule has 1 atom stereocenters. The highest BCUT2D eigenvalue weighted by atomic mass is 79.9. The molecule has 1 aromatic rings. The topological polar surface area (TPSA) is 32.3 Å². The van der Waals surface area contributed by atoms with E-state index in [0.29, 0.717) is 6.04 Å². The zero-order chi connectivity index (χ0) is 12.4. The van der Waals surface area contributed by atoms with Crippen molar-refractivity contribution in [2.45, 2.75) is 25.8 Å². The van der Waals surface area contributed by atoms with Gasteiger partial charge < -0.3 is 10.2 Å². The Hall–Kier alpha value is -0.390. The van der Waals surface area contributed by atoms with Gasteiger partial charge >= 0.3 is 0 Å². The van der Waals surface area contributed by atoms with E-state index in [4.69, 9.17) is 0 Å². The van der Waals surface area contributed by atoms with Crippen LogP contribution in [-0.2, 0) is 0 Å². The average molecular weight is 317 g/mol. The van der Waals surface area contributed by atoms with Crippen LogP contribution in [0.2, 0.25) is 0 Å². The molecule has 0 saturated carbocycles. The molecule has 0 aliphatic carbocycles. The summed E-state index contributed by atoms with van der Waals surface area (Å²) in [7, 11) is 1.94. The van der Waals surface area contributed by atoms with Crippen LogP contribution in [0.15, 0.2) is 9.85 Å². The molecule has 1 aliphatic heterocycles. The number of thiophene rings is 1. The van der Waals surface area contributed by atoms with Crippen molar-refractivity contribution in [2.24, 2.45) is 0 Å². The number of nitrogens with one attached hydrogen (secondary N) is 1. The second kappa shape index (κ2) is 5.50. The Kier molecular flexibility index (Phi) is 4.22. The second-order valence-corrected chi connectivity index (χ2v) is 6.79. The molecule has 0 radical (unpaired) electrons. The van der Waals surface area contributed by atoms with Gasteiger partial charge in [-0.15, -0.1) is 11.3 Å². The number of rotatable bonds is 3. The third-order valence-corrected chi connectivity index (χ3v) is 5.27. The Labute approximate surface area is 114 Å². The number of hydrogen-bond acceptors (Lipinski definition) is 3. The third-order valence-electron chi connectivity index (χ3n) is 3.15. The summed E-state index contributed by atoms with van der Waals surface area (Å²) in [6.07, 6.45) is 2.22. The molecule has 94 valence electrons. The van der Waals surface area contributed by atoms with E-state index >= 15 is 0 Å². The summed E-state index contributed by atoms with van der Waals surface area (Å²) in [6.45, 7) is 3.80. The van der Waals surface area contributed by atoms with Crippen molar-refractivity contribution in [1.29, 1.82) is 0 Å². The van der Waals surface area contributed by atoms with Gasteiger partial charge in [0, 0.05) is 19.1 Å². The van der Waals surface area contributed by atoms with Crippen molar-refractivity contribution >= 4 is 33.2 Å². The maximum atomic E-state index is 12.4. The lowest BCUT2D eigenvalue weighted by Gasteiger charge is -2.23. The van der Waals surface area contributed by atoms with Gasteiger partial charge in [0.1, 0.15) is 0 Å². The van der Waals surface area contributed by atoms with Crippen LogP contribution in [0.25, 0.3) is 0 Å². The molecule has 1 amide bonds. The number of nitrogens with zero attached hydrogens (tertiary/aromatic N) is 1. The molecule has 2 rings (SSSR count). The van der Waals surface area contributed by atoms with Gasteiger partial charge in [-0.05, 0) is 54.4 Å². The van der Waals surface area contributed by atoms with Crippen molar-refractivity contribution in [3.05, 3.63) is 20.3 Å². The van der Waals surface area contributed by atoms with Gasteiger partial charge in [-0.25, -0.2) is 0 Å². The molecule has 0 aromatic carbocycles. The molecule has 1 saturated heterocycles. The molecule has 1 unspecified atom stereocenters. The van der Waals surface area contributed by atoms with Crippen LogP contribution in [0.5, 0.6) is 0 Å². The third kappa shape index (κ3) is 2.72. The number of likely N-dealkylation sites (tertiary alicyclic amines) is 1. The predicted molar refractivity (Wildman–Crippen MR) is 74.7 cm³/mol. The lowest BCUT2D eigenvalue weighted by Crippen LogP contribution is -2.40. The fraction of sp³-hybridized carbons (Fsp3) is 0.583. The van der Waals surface area contributed by atoms with E-state index < -0.39 is 0 Å². The molecule has 2 heterocycles. The summed E-state index contributed by atoms with van der Waals surface area (Å²) in [5.74, 6) is 0.182. The quantitative estimate of drug-likeness (QED) is 0.929. The van der Waals surface area contributed by atoms with E-state index in [1.165, 1.54) is 11.3 Å². The molecule has 0 bridgehead atoms. The number of aryl methyl sites for hydroxylation is 1. The van der Waals surface area contributed by atoms with Gasteiger partial charge in [0.2, 0.25) is 0 Å². The van der Waals surface area contributed by atoms with Gasteiger partial charge in [-0.2, -0.15) is 0 Å². The Morgan fingerprint density at radius 3 is 3.06 bits per heavy atom. The molecule has 1 fully saturated rings. The van der Waals surface area contributed by atoms with Crippen molar-refractivity contribution in [3.63, 3.8) is 0 Å². The van der Waals surface area contributed by atoms with Crippen molar-refractivity contribution in [2.75, 3.05) is 20.1 Å². The molecule has 17 heavy (non-hydrogen) atoms. The zero-order valence-electron chi connectivity index (χ0n) is 10.1. The molecule has 1 aliphatic rings. The lowest BCUT2D eigenvalue weighted by molar-refractivity contribution is 0.0742. The Balaban J connectivity index is 2.13. The number of likely N-dealkylation sites (N-methyl/N-ethyl adjacent to an activating group) is 1. The lowest BCUT2D eigenvalue weighted by atomic mass is 10.2. The van der Waals surface area contributed by atoms with E-state index in [0.717, 1.165) is 40.2 Å². The first kappa shape index (κ1) is 13.1. The number of carbonyl (C=O) groups is 1. The number of amides is 1. The first-order valence-corrected chi connectivity index (χ1v) is 7.46. The molecule has 5 heteroatoms. The van der Waals surface area contributed by atoms with Crippen LogP contribution < -0.4 is 5.32 Å². The minimum atomic E-state index is 0.182. The zero-order valence-corrected chi connectivity index (χ0v) is 12.5. The Bertz CT molecular complexity index is 399. The number of hydrogen-bond donors (Lipinski definition) is 1. The standard InChI is InChI=1S/C12H17BrN2OS/c1-8-6-10(17-11(8)13)12(16)15-5-3-4-9(15)7-14-2/h6,9,14H,3-5,7H2,1-2H3. The highest BCUT2D eigenvalue weighted by molar-refractivity contribution is 9.11. The molecular weight excluding hydrogens is 300 g/mol. The average Bonchev–Trinajstić information content (AvgIpc) is 2.87. The number of halogens is 1. The van der Waals surface area contributed by atoms with Gasteiger partial charge in [-0.3, -0.25) is 4.79 Å². The highest BCUT2D eigenvalue weighted by Crippen LogP contribution is 2.30. The fourth-order valence-corrected chi connectivity index (χ4v) is 3.75. The highest BCUT2D eigenvalue weighted by Gasteiger charge is 2.29. The van der Waals surface area contributed by atoms with Crippen LogP contribution in [0, 0.1) is 6.92 Å². The largest absolute Gasteiger partial charge is 0.334 e. The van der Waals surface area contributed by atoms with E-state index in [9.17, 15) is 4.79 Å². The smallest absolute Gasteiger partial charge is 0.264 e. The van der Waals surface area contributed by atoms with E-state index in [1.807, 2.05) is 24.9 Å². The first-order chi connectivity index (χ1) is 8.13. The Morgan fingerprint density at radius 1 is 1.71 bits per heavy atom. The SMILES string of the molecule is CNCC1CCCN1C(=O)c1cc(C)c(Br)s1. The first-order valence-electron chi connectivity index (χ1n) is 5.85. The van der Waals surface area contributed by atoms with Crippen molar-refractivity contribution in [3.8, 4) is 0 Å². The van der Waals surface area contributed by atoms with Crippen LogP contribution >= 0.6 is 27.3 Å². The second-order valence-electron chi connectivity index (χ2n) is 4.42. The maximum absolute atomic E-state index is 12.4.